The molecule has 1 N–H and O–H groups in total. The lowest BCUT2D eigenvalue weighted by atomic mass is 10.2. The minimum atomic E-state index is -0.188. The SMILES string of the molecule is COc1cccc(NC(=O)CN(C)C(C)c2nnc(-c3cccs3)o2)c1. The number of benzene rings is 1. The van der Waals surface area contributed by atoms with Crippen molar-refractivity contribution in [3.05, 3.63) is 47.7 Å². The molecule has 0 aliphatic rings. The number of anilines is 1. The molecule has 7 nitrogen and oxygen atoms in total. The van der Waals surface area contributed by atoms with E-state index in [1.165, 1.54) is 0 Å². The Hall–Kier alpha value is -2.71. The summed E-state index contributed by atoms with van der Waals surface area (Å²) in [5, 5.41) is 13.0. The van der Waals surface area contributed by atoms with Gasteiger partial charge in [-0.1, -0.05) is 12.1 Å². The lowest BCUT2D eigenvalue weighted by Gasteiger charge is -2.21. The van der Waals surface area contributed by atoms with Crippen LogP contribution in [0.1, 0.15) is 18.9 Å². The summed E-state index contributed by atoms with van der Waals surface area (Å²) >= 11 is 1.54. The average Bonchev–Trinajstić information content (AvgIpc) is 3.32. The highest BCUT2D eigenvalue weighted by molar-refractivity contribution is 7.13. The van der Waals surface area contributed by atoms with E-state index in [2.05, 4.69) is 15.5 Å². The molecule has 0 fully saturated rings. The molecule has 1 aromatic carbocycles. The molecule has 2 heterocycles. The molecule has 1 unspecified atom stereocenters. The van der Waals surface area contributed by atoms with Crippen molar-refractivity contribution < 1.29 is 13.9 Å². The number of amides is 1. The predicted molar refractivity (Wildman–Crippen MR) is 100 cm³/mol. The van der Waals surface area contributed by atoms with Gasteiger partial charge in [0.25, 0.3) is 5.89 Å². The van der Waals surface area contributed by atoms with Gasteiger partial charge in [0.05, 0.1) is 24.6 Å². The molecule has 3 rings (SSSR count). The second-order valence-corrected chi connectivity index (χ2v) is 6.74. The molecule has 136 valence electrons. The number of hydrogen-bond donors (Lipinski definition) is 1. The number of ether oxygens (including phenoxy) is 1. The van der Waals surface area contributed by atoms with Crippen LogP contribution in [0.4, 0.5) is 5.69 Å². The van der Waals surface area contributed by atoms with Crippen LogP contribution in [0.2, 0.25) is 0 Å². The van der Waals surface area contributed by atoms with Gasteiger partial charge in [-0.2, -0.15) is 0 Å². The summed E-state index contributed by atoms with van der Waals surface area (Å²) in [6.07, 6.45) is 0. The largest absolute Gasteiger partial charge is 0.497 e. The highest BCUT2D eigenvalue weighted by atomic mass is 32.1. The molecule has 3 aromatic rings. The molecule has 0 saturated heterocycles. The van der Waals surface area contributed by atoms with E-state index in [4.69, 9.17) is 9.15 Å². The van der Waals surface area contributed by atoms with Crippen LogP contribution in [0.25, 0.3) is 10.8 Å². The highest BCUT2D eigenvalue weighted by Gasteiger charge is 2.21. The Morgan fingerprint density at radius 1 is 1.35 bits per heavy atom. The third-order valence-electron chi connectivity index (χ3n) is 3.94. The molecule has 1 amide bonds. The van der Waals surface area contributed by atoms with E-state index >= 15 is 0 Å². The van der Waals surface area contributed by atoms with E-state index in [1.807, 2.05) is 54.6 Å². The summed E-state index contributed by atoms with van der Waals surface area (Å²) in [7, 11) is 3.43. The van der Waals surface area contributed by atoms with E-state index in [1.54, 1.807) is 24.5 Å². The van der Waals surface area contributed by atoms with E-state index in [0.29, 0.717) is 23.2 Å². The predicted octanol–water partition coefficient (Wildman–Crippen LogP) is 3.44. The van der Waals surface area contributed by atoms with Gasteiger partial charge in [-0.3, -0.25) is 9.69 Å². The van der Waals surface area contributed by atoms with Gasteiger partial charge in [-0.05, 0) is 37.6 Å². The molecule has 8 heteroatoms. The fraction of sp³-hybridized carbons (Fsp3) is 0.278. The Morgan fingerprint density at radius 2 is 2.19 bits per heavy atom. The fourth-order valence-electron chi connectivity index (χ4n) is 2.36. The molecule has 0 aliphatic carbocycles. The number of rotatable bonds is 7. The summed E-state index contributed by atoms with van der Waals surface area (Å²) in [5.74, 6) is 1.53. The zero-order valence-corrected chi connectivity index (χ0v) is 15.6. The average molecular weight is 372 g/mol. The van der Waals surface area contributed by atoms with Crippen molar-refractivity contribution in [2.45, 2.75) is 13.0 Å². The van der Waals surface area contributed by atoms with Gasteiger partial charge in [0.15, 0.2) is 0 Å². The zero-order chi connectivity index (χ0) is 18.5. The van der Waals surface area contributed by atoms with E-state index < -0.39 is 0 Å². The first-order valence-corrected chi connectivity index (χ1v) is 8.96. The van der Waals surface area contributed by atoms with Crippen molar-refractivity contribution in [3.8, 4) is 16.5 Å². The number of carbonyl (C=O) groups excluding carboxylic acids is 1. The van der Waals surface area contributed by atoms with Crippen LogP contribution >= 0.6 is 11.3 Å². The van der Waals surface area contributed by atoms with Crippen molar-refractivity contribution in [2.75, 3.05) is 26.0 Å². The van der Waals surface area contributed by atoms with Crippen molar-refractivity contribution in [2.24, 2.45) is 0 Å². The molecule has 0 radical (unpaired) electrons. The Balaban J connectivity index is 1.60. The number of likely N-dealkylation sites (N-methyl/N-ethyl adjacent to an activating group) is 1. The lowest BCUT2D eigenvalue weighted by Crippen LogP contribution is -2.32. The number of carbonyl (C=O) groups is 1. The Labute approximate surface area is 155 Å². The summed E-state index contributed by atoms with van der Waals surface area (Å²) in [6.45, 7) is 2.11. The molecule has 0 saturated carbocycles. The third-order valence-corrected chi connectivity index (χ3v) is 4.80. The second kappa shape index (κ2) is 8.11. The number of methoxy groups -OCH3 is 1. The highest BCUT2D eigenvalue weighted by Crippen LogP contribution is 2.26. The summed E-state index contributed by atoms with van der Waals surface area (Å²) in [5.41, 5.74) is 0.688. The van der Waals surface area contributed by atoms with Gasteiger partial charge in [-0.25, -0.2) is 0 Å². The summed E-state index contributed by atoms with van der Waals surface area (Å²) in [4.78, 5) is 15.1. The van der Waals surface area contributed by atoms with Crippen LogP contribution in [0, 0.1) is 0 Å². The second-order valence-electron chi connectivity index (χ2n) is 5.79. The minimum Gasteiger partial charge on any atom is -0.497 e. The van der Waals surface area contributed by atoms with Crippen molar-refractivity contribution in [3.63, 3.8) is 0 Å². The van der Waals surface area contributed by atoms with Gasteiger partial charge in [0.1, 0.15) is 5.75 Å². The normalized spacial score (nSPS) is 12.2. The van der Waals surface area contributed by atoms with E-state index in [0.717, 1.165) is 4.88 Å². The Morgan fingerprint density at radius 3 is 2.92 bits per heavy atom. The minimum absolute atomic E-state index is 0.134. The van der Waals surface area contributed by atoms with Crippen molar-refractivity contribution >= 4 is 22.9 Å². The van der Waals surface area contributed by atoms with Crippen LogP contribution in [0.15, 0.2) is 46.2 Å². The van der Waals surface area contributed by atoms with Gasteiger partial charge in [0.2, 0.25) is 11.8 Å². The first-order valence-electron chi connectivity index (χ1n) is 8.08. The van der Waals surface area contributed by atoms with Crippen LogP contribution in [-0.4, -0.2) is 41.7 Å². The Bertz CT molecular complexity index is 863. The van der Waals surface area contributed by atoms with Gasteiger partial charge >= 0.3 is 0 Å². The molecule has 0 spiro atoms. The maximum Gasteiger partial charge on any atom is 0.257 e. The molecule has 0 bridgehead atoms. The van der Waals surface area contributed by atoms with Crippen LogP contribution in [-0.2, 0) is 4.79 Å². The van der Waals surface area contributed by atoms with Crippen LogP contribution in [0.5, 0.6) is 5.75 Å². The molecule has 2 aromatic heterocycles. The number of nitrogens with one attached hydrogen (secondary N) is 1. The Kier molecular flexibility index (Phi) is 5.65. The summed E-state index contributed by atoms with van der Waals surface area (Å²) < 4.78 is 10.9. The number of thiophene rings is 1. The topological polar surface area (TPSA) is 80.5 Å². The zero-order valence-electron chi connectivity index (χ0n) is 14.8. The van der Waals surface area contributed by atoms with E-state index in [-0.39, 0.29) is 18.5 Å². The van der Waals surface area contributed by atoms with Gasteiger partial charge in [-0.15, -0.1) is 21.5 Å². The monoisotopic (exact) mass is 372 g/mol. The molecular weight excluding hydrogens is 352 g/mol. The van der Waals surface area contributed by atoms with Crippen LogP contribution < -0.4 is 10.1 Å². The smallest absolute Gasteiger partial charge is 0.257 e. The van der Waals surface area contributed by atoms with Gasteiger partial charge < -0.3 is 14.5 Å². The number of nitrogens with zero attached hydrogens (tertiary/aromatic N) is 3. The molecule has 0 aliphatic heterocycles. The van der Waals surface area contributed by atoms with E-state index in [9.17, 15) is 4.79 Å². The maximum atomic E-state index is 12.3. The maximum absolute atomic E-state index is 12.3. The third kappa shape index (κ3) is 4.27. The summed E-state index contributed by atoms with van der Waals surface area (Å²) in [6, 6.07) is 10.9. The molecular formula is C18H20N4O3S. The quantitative estimate of drug-likeness (QED) is 0.684. The van der Waals surface area contributed by atoms with Crippen molar-refractivity contribution in [1.29, 1.82) is 0 Å². The van der Waals surface area contributed by atoms with Crippen LogP contribution in [0.3, 0.4) is 0 Å². The number of aromatic nitrogens is 2. The first kappa shape index (κ1) is 18.1. The standard InChI is InChI=1S/C18H20N4O3S/c1-12(17-20-21-18(25-17)15-8-5-9-26-15)22(2)11-16(23)19-13-6-4-7-14(10-13)24-3/h4-10,12H,11H2,1-3H3,(H,19,23). The lowest BCUT2D eigenvalue weighted by molar-refractivity contribution is -0.117. The molecule has 26 heavy (non-hydrogen) atoms. The first-order chi connectivity index (χ1) is 12.6. The van der Waals surface area contributed by atoms with Gasteiger partial charge in [0, 0.05) is 11.8 Å². The molecule has 1 atom stereocenters. The van der Waals surface area contributed by atoms with Crippen molar-refractivity contribution in [1.82, 2.24) is 15.1 Å². The fourth-order valence-corrected chi connectivity index (χ4v) is 3.00. The number of hydrogen-bond acceptors (Lipinski definition) is 7.